The van der Waals surface area contributed by atoms with Crippen molar-refractivity contribution < 1.29 is 4.42 Å². The first kappa shape index (κ1) is 7.16. The SMILES string of the molecule is CC(c1cnc[nH]1)c1ccco1. The van der Waals surface area contributed by atoms with Crippen molar-refractivity contribution in [2.24, 2.45) is 0 Å². The largest absolute Gasteiger partial charge is 0.469 e. The summed E-state index contributed by atoms with van der Waals surface area (Å²) in [5.41, 5.74) is 1.07. The lowest BCUT2D eigenvalue weighted by atomic mass is 10.1. The van der Waals surface area contributed by atoms with Crippen molar-refractivity contribution in [1.29, 1.82) is 0 Å². The molecule has 3 nitrogen and oxygen atoms in total. The van der Waals surface area contributed by atoms with E-state index in [-0.39, 0.29) is 5.92 Å². The fraction of sp³-hybridized carbons (Fsp3) is 0.222. The van der Waals surface area contributed by atoms with Crippen LogP contribution in [0.5, 0.6) is 0 Å². The van der Waals surface area contributed by atoms with Gasteiger partial charge in [-0.1, -0.05) is 0 Å². The van der Waals surface area contributed by atoms with Gasteiger partial charge < -0.3 is 9.40 Å². The number of hydrogen-bond acceptors (Lipinski definition) is 2. The van der Waals surface area contributed by atoms with Crippen LogP contribution in [0.25, 0.3) is 0 Å². The summed E-state index contributed by atoms with van der Waals surface area (Å²) in [4.78, 5) is 7.01. The number of H-pyrrole nitrogens is 1. The summed E-state index contributed by atoms with van der Waals surface area (Å²) < 4.78 is 5.27. The molecule has 62 valence electrons. The van der Waals surface area contributed by atoms with Crippen LogP contribution in [0.3, 0.4) is 0 Å². The molecule has 12 heavy (non-hydrogen) atoms. The van der Waals surface area contributed by atoms with Crippen LogP contribution in [-0.4, -0.2) is 9.97 Å². The van der Waals surface area contributed by atoms with E-state index in [0.717, 1.165) is 11.5 Å². The van der Waals surface area contributed by atoms with Crippen LogP contribution in [0.1, 0.15) is 24.3 Å². The van der Waals surface area contributed by atoms with Gasteiger partial charge in [-0.05, 0) is 19.1 Å². The van der Waals surface area contributed by atoms with Crippen molar-refractivity contribution in [1.82, 2.24) is 9.97 Å². The highest BCUT2D eigenvalue weighted by molar-refractivity contribution is 5.16. The van der Waals surface area contributed by atoms with Crippen molar-refractivity contribution in [2.75, 3.05) is 0 Å². The van der Waals surface area contributed by atoms with E-state index in [0.29, 0.717) is 0 Å². The molecule has 0 aliphatic rings. The minimum Gasteiger partial charge on any atom is -0.469 e. The molecule has 0 saturated carbocycles. The van der Waals surface area contributed by atoms with Gasteiger partial charge in [-0.3, -0.25) is 0 Å². The van der Waals surface area contributed by atoms with E-state index < -0.39 is 0 Å². The average molecular weight is 162 g/mol. The molecule has 0 radical (unpaired) electrons. The van der Waals surface area contributed by atoms with Gasteiger partial charge in [-0.25, -0.2) is 4.98 Å². The highest BCUT2D eigenvalue weighted by Crippen LogP contribution is 2.21. The Morgan fingerprint density at radius 2 is 2.50 bits per heavy atom. The molecule has 2 aromatic rings. The predicted molar refractivity (Wildman–Crippen MR) is 44.8 cm³/mol. The molecular weight excluding hydrogens is 152 g/mol. The Labute approximate surface area is 70.4 Å². The molecule has 0 saturated heterocycles. The standard InChI is InChI=1S/C9H10N2O/c1-7(8-5-10-6-11-8)9-3-2-4-12-9/h2-7H,1H3,(H,10,11). The van der Waals surface area contributed by atoms with E-state index in [9.17, 15) is 0 Å². The van der Waals surface area contributed by atoms with Gasteiger partial charge in [0.25, 0.3) is 0 Å². The molecule has 0 spiro atoms. The number of furan rings is 1. The second-order valence-electron chi connectivity index (χ2n) is 2.74. The normalized spacial score (nSPS) is 13.1. The lowest BCUT2D eigenvalue weighted by molar-refractivity contribution is 0.493. The minimum absolute atomic E-state index is 0.252. The predicted octanol–water partition coefficient (Wildman–Crippen LogP) is 2.15. The molecule has 0 amide bonds. The zero-order valence-corrected chi connectivity index (χ0v) is 6.82. The fourth-order valence-electron chi connectivity index (χ4n) is 1.19. The Bertz CT molecular complexity index is 289. The van der Waals surface area contributed by atoms with E-state index in [1.807, 2.05) is 18.3 Å². The Kier molecular flexibility index (Phi) is 1.70. The molecule has 0 aromatic carbocycles. The quantitative estimate of drug-likeness (QED) is 0.735. The van der Waals surface area contributed by atoms with E-state index in [2.05, 4.69) is 16.9 Å². The molecule has 1 unspecified atom stereocenters. The first-order valence-corrected chi connectivity index (χ1v) is 3.89. The molecule has 3 heteroatoms. The van der Waals surface area contributed by atoms with Crippen molar-refractivity contribution in [2.45, 2.75) is 12.8 Å². The summed E-state index contributed by atoms with van der Waals surface area (Å²) in [7, 11) is 0. The van der Waals surface area contributed by atoms with Gasteiger partial charge >= 0.3 is 0 Å². The highest BCUT2D eigenvalue weighted by atomic mass is 16.3. The molecule has 0 fully saturated rings. The topological polar surface area (TPSA) is 41.8 Å². The van der Waals surface area contributed by atoms with Gasteiger partial charge in [-0.2, -0.15) is 0 Å². The van der Waals surface area contributed by atoms with Gasteiger partial charge in [0.2, 0.25) is 0 Å². The lowest BCUT2D eigenvalue weighted by Gasteiger charge is -2.03. The number of aromatic amines is 1. The first-order chi connectivity index (χ1) is 5.88. The van der Waals surface area contributed by atoms with E-state index in [4.69, 9.17) is 4.42 Å². The number of nitrogens with zero attached hydrogens (tertiary/aromatic N) is 1. The van der Waals surface area contributed by atoms with Crippen LogP contribution in [0.2, 0.25) is 0 Å². The van der Waals surface area contributed by atoms with E-state index >= 15 is 0 Å². The fourth-order valence-corrected chi connectivity index (χ4v) is 1.19. The summed E-state index contributed by atoms with van der Waals surface area (Å²) in [5, 5.41) is 0. The Balaban J connectivity index is 2.27. The lowest BCUT2D eigenvalue weighted by Crippen LogP contribution is -1.93. The third-order valence-corrected chi connectivity index (χ3v) is 1.96. The summed E-state index contributed by atoms with van der Waals surface area (Å²) in [6.45, 7) is 2.08. The second kappa shape index (κ2) is 2.85. The van der Waals surface area contributed by atoms with Crippen molar-refractivity contribution in [3.8, 4) is 0 Å². The van der Waals surface area contributed by atoms with Gasteiger partial charge in [0, 0.05) is 11.9 Å². The van der Waals surface area contributed by atoms with E-state index in [1.165, 1.54) is 0 Å². The zero-order chi connectivity index (χ0) is 8.39. The Morgan fingerprint density at radius 3 is 3.08 bits per heavy atom. The van der Waals surface area contributed by atoms with Crippen LogP contribution < -0.4 is 0 Å². The molecule has 0 bridgehead atoms. The van der Waals surface area contributed by atoms with Crippen LogP contribution in [0.15, 0.2) is 35.3 Å². The number of imidazole rings is 1. The number of hydrogen-bond donors (Lipinski definition) is 1. The van der Waals surface area contributed by atoms with Gasteiger partial charge in [0.1, 0.15) is 5.76 Å². The third-order valence-electron chi connectivity index (χ3n) is 1.96. The van der Waals surface area contributed by atoms with Crippen molar-refractivity contribution >= 4 is 0 Å². The summed E-state index contributed by atoms with van der Waals surface area (Å²) in [6, 6.07) is 3.85. The summed E-state index contributed by atoms with van der Waals surface area (Å²) in [6.07, 6.45) is 5.17. The van der Waals surface area contributed by atoms with Crippen LogP contribution in [0, 0.1) is 0 Å². The molecule has 0 aliphatic carbocycles. The molecule has 1 N–H and O–H groups in total. The molecule has 2 rings (SSSR count). The first-order valence-electron chi connectivity index (χ1n) is 3.89. The molecular formula is C9H10N2O. The maximum atomic E-state index is 5.27. The average Bonchev–Trinajstić information content (AvgIpc) is 2.77. The molecule has 0 aliphatic heterocycles. The van der Waals surface area contributed by atoms with Crippen LogP contribution >= 0.6 is 0 Å². The zero-order valence-electron chi connectivity index (χ0n) is 6.82. The van der Waals surface area contributed by atoms with Crippen LogP contribution in [0.4, 0.5) is 0 Å². The molecule has 2 heterocycles. The number of aromatic nitrogens is 2. The second-order valence-corrected chi connectivity index (χ2v) is 2.74. The smallest absolute Gasteiger partial charge is 0.112 e. The Hall–Kier alpha value is -1.51. The summed E-state index contributed by atoms with van der Waals surface area (Å²) >= 11 is 0. The third kappa shape index (κ3) is 1.13. The van der Waals surface area contributed by atoms with Gasteiger partial charge in [-0.15, -0.1) is 0 Å². The van der Waals surface area contributed by atoms with E-state index in [1.54, 1.807) is 12.6 Å². The van der Waals surface area contributed by atoms with Gasteiger partial charge in [0.05, 0.1) is 18.5 Å². The van der Waals surface area contributed by atoms with Gasteiger partial charge in [0.15, 0.2) is 0 Å². The minimum atomic E-state index is 0.252. The highest BCUT2D eigenvalue weighted by Gasteiger charge is 2.11. The maximum Gasteiger partial charge on any atom is 0.112 e. The maximum absolute atomic E-state index is 5.27. The number of rotatable bonds is 2. The van der Waals surface area contributed by atoms with Crippen molar-refractivity contribution in [3.05, 3.63) is 42.4 Å². The summed E-state index contributed by atoms with van der Waals surface area (Å²) in [5.74, 6) is 1.21. The van der Waals surface area contributed by atoms with Crippen molar-refractivity contribution in [3.63, 3.8) is 0 Å². The van der Waals surface area contributed by atoms with Crippen LogP contribution in [-0.2, 0) is 0 Å². The number of nitrogens with one attached hydrogen (secondary N) is 1. The monoisotopic (exact) mass is 162 g/mol. The molecule has 2 aromatic heterocycles. The molecule has 1 atom stereocenters. The Morgan fingerprint density at radius 1 is 1.58 bits per heavy atom.